The van der Waals surface area contributed by atoms with Gasteiger partial charge in [0.25, 0.3) is 0 Å². The molecule has 2 nitrogen and oxygen atoms in total. The van der Waals surface area contributed by atoms with Gasteiger partial charge in [-0.05, 0) is 36.3 Å². The molecule has 1 heterocycles. The lowest BCUT2D eigenvalue weighted by atomic mass is 10.2. The van der Waals surface area contributed by atoms with Crippen LogP contribution in [0.5, 0.6) is 0 Å². The van der Waals surface area contributed by atoms with Crippen LogP contribution >= 0.6 is 58.8 Å². The molecular weight excluding hydrogens is 385 g/mol. The molecule has 124 valence electrons. The third-order valence-corrected chi connectivity index (χ3v) is 8.02. The molecule has 2 rings (SSSR count). The lowest BCUT2D eigenvalue weighted by Crippen LogP contribution is -2.02. The van der Waals surface area contributed by atoms with Crippen LogP contribution in [0.15, 0.2) is 49.8 Å². The number of carbonyl (C=O) groups is 1. The molecule has 1 aliphatic rings. The second-order valence-corrected chi connectivity index (χ2v) is 9.51. The van der Waals surface area contributed by atoms with E-state index >= 15 is 0 Å². The quantitative estimate of drug-likeness (QED) is 0.318. The van der Waals surface area contributed by atoms with Crippen molar-refractivity contribution >= 4 is 64.8 Å². The largest absolute Gasteiger partial charge is 0.457 e. The molecule has 0 amide bonds. The van der Waals surface area contributed by atoms with Crippen molar-refractivity contribution in [1.29, 1.82) is 0 Å². The number of benzene rings is 1. The van der Waals surface area contributed by atoms with Crippen molar-refractivity contribution in [1.82, 2.24) is 0 Å². The second kappa shape index (κ2) is 9.42. The van der Waals surface area contributed by atoms with Crippen LogP contribution in [0.25, 0.3) is 0 Å². The first-order chi connectivity index (χ1) is 11.1. The summed E-state index contributed by atoms with van der Waals surface area (Å²) < 4.78 is 5.45. The van der Waals surface area contributed by atoms with Gasteiger partial charge in [0, 0.05) is 31.2 Å². The maximum Gasteiger partial charge on any atom is 0.330 e. The Morgan fingerprint density at radius 2 is 1.91 bits per heavy atom. The molecule has 0 N–H and O–H groups in total. The third kappa shape index (κ3) is 4.95. The lowest BCUT2D eigenvalue weighted by Gasteiger charge is -2.19. The van der Waals surface area contributed by atoms with Crippen molar-refractivity contribution in [2.45, 2.75) is 19.3 Å². The number of rotatable bonds is 7. The molecule has 0 saturated carbocycles. The van der Waals surface area contributed by atoms with Crippen molar-refractivity contribution in [3.05, 3.63) is 40.7 Å². The van der Waals surface area contributed by atoms with Crippen LogP contribution < -0.4 is 0 Å². The number of esters is 1. The van der Waals surface area contributed by atoms with Gasteiger partial charge in [-0.3, -0.25) is 0 Å². The highest BCUT2D eigenvalue weighted by Crippen LogP contribution is 2.55. The summed E-state index contributed by atoms with van der Waals surface area (Å²) in [6, 6.07) is 4.53. The van der Waals surface area contributed by atoms with Gasteiger partial charge in [-0.2, -0.15) is 0 Å². The highest BCUT2D eigenvalue weighted by Gasteiger charge is 2.26. The zero-order valence-corrected chi connectivity index (χ0v) is 17.2. The molecule has 0 saturated heterocycles. The van der Waals surface area contributed by atoms with Crippen molar-refractivity contribution in [3.63, 3.8) is 0 Å². The number of hydrogen-bond acceptors (Lipinski definition) is 7. The molecule has 0 radical (unpaired) electrons. The summed E-state index contributed by atoms with van der Waals surface area (Å²) >= 11 is 8.91. The van der Waals surface area contributed by atoms with Crippen LogP contribution in [0.4, 0.5) is 0 Å². The fourth-order valence-electron chi connectivity index (χ4n) is 1.99. The van der Waals surface area contributed by atoms with Gasteiger partial charge in [0.1, 0.15) is 6.61 Å². The summed E-state index contributed by atoms with van der Waals surface area (Å²) in [6.07, 6.45) is 7.55. The van der Waals surface area contributed by atoms with Gasteiger partial charge in [0.15, 0.2) is 0 Å². The number of hydrogen-bond donors (Lipinski definition) is 0. The van der Waals surface area contributed by atoms with E-state index < -0.39 is 0 Å². The highest BCUT2D eigenvalue weighted by atomic mass is 32.2. The minimum Gasteiger partial charge on any atom is -0.457 e. The molecule has 0 fully saturated rings. The fraction of sp³-hybridized carbons (Fsp3) is 0.312. The maximum absolute atomic E-state index is 11.2. The number of thioether (sulfide) groups is 5. The average molecular weight is 403 g/mol. The Kier molecular flexibility index (Phi) is 7.88. The summed E-state index contributed by atoms with van der Waals surface area (Å²) in [5, 5.41) is 2.10. The maximum atomic E-state index is 11.2. The number of carbonyl (C=O) groups excluding carboxylic acids is 1. The van der Waals surface area contributed by atoms with E-state index in [1.807, 2.05) is 0 Å². The Balaban J connectivity index is 2.17. The van der Waals surface area contributed by atoms with E-state index in [0.717, 1.165) is 4.91 Å². The Hall–Kier alpha value is -0.0800. The summed E-state index contributed by atoms with van der Waals surface area (Å²) in [4.78, 5) is 16.2. The standard InChI is InChI=1S/C16H18O2S5/c1-5-14(17)18-8-11-9-22-16(23-11)15-12(20-3)6-10(19-2)7-13(15)21-4/h5-7,9,16H,1,8H2,2-4H3. The van der Waals surface area contributed by atoms with E-state index in [4.69, 9.17) is 4.74 Å². The monoisotopic (exact) mass is 402 g/mol. The van der Waals surface area contributed by atoms with E-state index in [2.05, 4.69) is 42.9 Å². The van der Waals surface area contributed by atoms with E-state index in [1.165, 1.54) is 26.3 Å². The van der Waals surface area contributed by atoms with E-state index in [9.17, 15) is 4.79 Å². The van der Waals surface area contributed by atoms with E-state index in [-0.39, 0.29) is 5.97 Å². The SMILES string of the molecule is C=CC(=O)OCC1=CSC(c2c(SC)cc(SC)cc2SC)S1. The first kappa shape index (κ1) is 19.2. The van der Waals surface area contributed by atoms with Crippen LogP contribution in [0.1, 0.15) is 10.1 Å². The van der Waals surface area contributed by atoms with Crippen LogP contribution in [0, 0.1) is 0 Å². The molecule has 0 aliphatic carbocycles. The average Bonchev–Trinajstić information content (AvgIpc) is 3.06. The molecule has 1 aromatic rings. The molecule has 1 aromatic carbocycles. The molecular formula is C16H18O2S5. The highest BCUT2D eigenvalue weighted by molar-refractivity contribution is 8.22. The van der Waals surface area contributed by atoms with Crippen molar-refractivity contribution in [3.8, 4) is 0 Å². The first-order valence-electron chi connectivity index (χ1n) is 6.73. The molecule has 23 heavy (non-hydrogen) atoms. The molecule has 1 atom stereocenters. The minimum atomic E-state index is -0.376. The van der Waals surface area contributed by atoms with Crippen LogP contribution in [0.2, 0.25) is 0 Å². The number of ether oxygens (including phenoxy) is 1. The summed E-state index contributed by atoms with van der Waals surface area (Å²) in [5.41, 5.74) is 1.37. The fourth-order valence-corrected chi connectivity index (χ4v) is 7.02. The van der Waals surface area contributed by atoms with Gasteiger partial charge >= 0.3 is 5.97 Å². The Morgan fingerprint density at radius 3 is 2.43 bits per heavy atom. The van der Waals surface area contributed by atoms with Crippen LogP contribution in [-0.4, -0.2) is 31.3 Å². The summed E-state index contributed by atoms with van der Waals surface area (Å²) in [6.45, 7) is 3.74. The molecule has 7 heteroatoms. The van der Waals surface area contributed by atoms with Crippen LogP contribution in [-0.2, 0) is 9.53 Å². The van der Waals surface area contributed by atoms with Gasteiger partial charge in [0.05, 0.1) is 4.58 Å². The molecule has 0 bridgehead atoms. The second-order valence-electron chi connectivity index (χ2n) is 4.43. The summed E-state index contributed by atoms with van der Waals surface area (Å²) in [7, 11) is 0. The molecule has 0 aromatic heterocycles. The third-order valence-electron chi connectivity index (χ3n) is 3.09. The zero-order chi connectivity index (χ0) is 16.8. The minimum absolute atomic E-state index is 0.313. The topological polar surface area (TPSA) is 26.3 Å². The summed E-state index contributed by atoms with van der Waals surface area (Å²) in [5.74, 6) is -0.376. The Morgan fingerprint density at radius 1 is 1.26 bits per heavy atom. The Bertz CT molecular complexity index is 602. The predicted octanol–water partition coefficient (Wildman–Crippen LogP) is 5.90. The van der Waals surface area contributed by atoms with Crippen LogP contribution in [0.3, 0.4) is 0 Å². The van der Waals surface area contributed by atoms with Gasteiger partial charge in [-0.1, -0.05) is 6.58 Å². The predicted molar refractivity (Wildman–Crippen MR) is 109 cm³/mol. The Labute approximate surface area is 159 Å². The zero-order valence-electron chi connectivity index (χ0n) is 13.2. The van der Waals surface area contributed by atoms with Crippen molar-refractivity contribution in [2.75, 3.05) is 25.4 Å². The first-order valence-corrected chi connectivity index (χ1v) is 12.2. The van der Waals surface area contributed by atoms with Gasteiger partial charge in [-0.15, -0.1) is 58.8 Å². The van der Waals surface area contributed by atoms with E-state index in [1.54, 1.807) is 58.8 Å². The smallest absolute Gasteiger partial charge is 0.330 e. The van der Waals surface area contributed by atoms with Gasteiger partial charge < -0.3 is 4.74 Å². The van der Waals surface area contributed by atoms with Gasteiger partial charge in [-0.25, -0.2) is 4.79 Å². The van der Waals surface area contributed by atoms with E-state index in [0.29, 0.717) is 11.2 Å². The molecule has 1 unspecified atom stereocenters. The van der Waals surface area contributed by atoms with Crippen molar-refractivity contribution < 1.29 is 9.53 Å². The normalized spacial score (nSPS) is 17.0. The van der Waals surface area contributed by atoms with Crippen molar-refractivity contribution in [2.24, 2.45) is 0 Å². The molecule has 0 spiro atoms. The molecule has 1 aliphatic heterocycles. The lowest BCUT2D eigenvalue weighted by molar-refractivity contribution is -0.136. The van der Waals surface area contributed by atoms with Gasteiger partial charge in [0.2, 0.25) is 0 Å².